The summed E-state index contributed by atoms with van der Waals surface area (Å²) in [7, 11) is 0. The largest absolute Gasteiger partial charge is 0.342 e. The fourth-order valence-corrected chi connectivity index (χ4v) is 4.02. The molecule has 2 N–H and O–H groups in total. The molecule has 3 rings (SSSR count). The van der Waals surface area contributed by atoms with Crippen molar-refractivity contribution >= 4 is 51.6 Å². The highest BCUT2D eigenvalue weighted by atomic mass is 35.5. The molecule has 0 aliphatic rings. The van der Waals surface area contributed by atoms with Crippen LogP contribution in [0.5, 0.6) is 0 Å². The van der Waals surface area contributed by atoms with E-state index < -0.39 is 0 Å². The average Bonchev–Trinajstić information content (AvgIpc) is 3.36. The molecule has 0 fully saturated rings. The number of anilines is 1. The molecule has 3 aromatic rings. The fraction of sp³-hybridized carbons (Fsp3) is 0.278. The zero-order valence-corrected chi connectivity index (χ0v) is 18.1. The molecule has 0 bridgehead atoms. The summed E-state index contributed by atoms with van der Waals surface area (Å²) in [5.74, 6) is 0.416. The summed E-state index contributed by atoms with van der Waals surface area (Å²) in [6.45, 7) is 4.41. The first-order valence-corrected chi connectivity index (χ1v) is 11.0. The lowest BCUT2D eigenvalue weighted by molar-refractivity contribution is -0.113. The van der Waals surface area contributed by atoms with Crippen molar-refractivity contribution in [2.75, 3.05) is 11.1 Å². The molecule has 2 heterocycles. The second kappa shape index (κ2) is 9.86. The minimum Gasteiger partial charge on any atom is -0.342 e. The maximum Gasteiger partial charge on any atom is 0.251 e. The van der Waals surface area contributed by atoms with Crippen LogP contribution in [0, 0.1) is 0 Å². The number of nitrogens with zero attached hydrogens (tertiary/aromatic N) is 4. The van der Waals surface area contributed by atoms with Gasteiger partial charge in [0.1, 0.15) is 0 Å². The van der Waals surface area contributed by atoms with Crippen molar-refractivity contribution < 1.29 is 9.59 Å². The highest BCUT2D eigenvalue weighted by Crippen LogP contribution is 2.21. The van der Waals surface area contributed by atoms with Crippen molar-refractivity contribution in [3.63, 3.8) is 0 Å². The van der Waals surface area contributed by atoms with Gasteiger partial charge in [-0.15, -0.1) is 21.5 Å². The van der Waals surface area contributed by atoms with Crippen LogP contribution in [0.2, 0.25) is 5.02 Å². The Hall–Kier alpha value is -2.43. The van der Waals surface area contributed by atoms with Gasteiger partial charge in [0.25, 0.3) is 5.91 Å². The molecule has 0 radical (unpaired) electrons. The van der Waals surface area contributed by atoms with E-state index in [1.807, 2.05) is 18.4 Å². The second-order valence-corrected chi connectivity index (χ2v) is 8.23. The van der Waals surface area contributed by atoms with E-state index in [0.717, 1.165) is 0 Å². The summed E-state index contributed by atoms with van der Waals surface area (Å²) in [5.41, 5.74) is 0.511. The van der Waals surface area contributed by atoms with Crippen LogP contribution >= 0.6 is 34.7 Å². The Balaban J connectivity index is 1.62. The van der Waals surface area contributed by atoms with E-state index in [-0.39, 0.29) is 23.6 Å². The molecule has 0 unspecified atom stereocenters. The number of thioether (sulfide) groups is 1. The molecule has 1 aromatic carbocycles. The van der Waals surface area contributed by atoms with Crippen molar-refractivity contribution in [2.24, 2.45) is 0 Å². The van der Waals surface area contributed by atoms with Crippen LogP contribution in [-0.4, -0.2) is 37.3 Å². The normalized spacial score (nSPS) is 11.8. The summed E-state index contributed by atoms with van der Waals surface area (Å²) >= 11 is 8.51. The Bertz CT molecular complexity index is 975. The third kappa shape index (κ3) is 5.55. The van der Waals surface area contributed by atoms with Gasteiger partial charge in [0.05, 0.1) is 11.8 Å². The summed E-state index contributed by atoms with van der Waals surface area (Å²) in [5, 5.41) is 17.6. The zero-order valence-electron chi connectivity index (χ0n) is 15.8. The number of thiazole rings is 1. The predicted octanol–water partition coefficient (Wildman–Crippen LogP) is 3.63. The topological polar surface area (TPSA) is 102 Å². The van der Waals surface area contributed by atoms with E-state index >= 15 is 0 Å². The van der Waals surface area contributed by atoms with E-state index in [9.17, 15) is 9.59 Å². The van der Waals surface area contributed by atoms with Crippen LogP contribution in [-0.2, 0) is 11.3 Å². The van der Waals surface area contributed by atoms with E-state index in [0.29, 0.717) is 33.2 Å². The first-order chi connectivity index (χ1) is 14.0. The standard InChI is InChI=1S/C18H19ClN6O2S2/c1-3-25-15(11(2)21-16(27)12-4-6-13(19)7-5-12)23-24-18(25)29-10-14(26)22-17-20-8-9-28-17/h4-9,11H,3,10H2,1-2H3,(H,21,27)(H,20,22,26)/t11-/m1/s1. The molecule has 0 saturated carbocycles. The van der Waals surface area contributed by atoms with Crippen molar-refractivity contribution in [1.82, 2.24) is 25.1 Å². The number of hydrogen-bond donors (Lipinski definition) is 2. The number of hydrogen-bond acceptors (Lipinski definition) is 7. The van der Waals surface area contributed by atoms with Crippen LogP contribution in [0.25, 0.3) is 0 Å². The molecule has 0 saturated heterocycles. The third-order valence-corrected chi connectivity index (χ3v) is 5.82. The third-order valence-electron chi connectivity index (χ3n) is 3.91. The van der Waals surface area contributed by atoms with E-state index in [4.69, 9.17) is 11.6 Å². The first kappa shape index (κ1) is 21.3. The fourth-order valence-electron chi connectivity index (χ4n) is 2.54. The summed E-state index contributed by atoms with van der Waals surface area (Å²) < 4.78 is 1.88. The first-order valence-electron chi connectivity index (χ1n) is 8.79. The molecule has 2 aromatic heterocycles. The van der Waals surface area contributed by atoms with Crippen molar-refractivity contribution in [2.45, 2.75) is 31.6 Å². The molecule has 8 nitrogen and oxygen atoms in total. The summed E-state index contributed by atoms with van der Waals surface area (Å²) in [6.07, 6.45) is 1.63. The van der Waals surface area contributed by atoms with Crippen molar-refractivity contribution in [1.29, 1.82) is 0 Å². The van der Waals surface area contributed by atoms with Gasteiger partial charge in [-0.25, -0.2) is 4.98 Å². The number of carbonyl (C=O) groups is 2. The molecule has 11 heteroatoms. The number of amides is 2. The summed E-state index contributed by atoms with van der Waals surface area (Å²) in [6, 6.07) is 6.31. The van der Waals surface area contributed by atoms with Gasteiger partial charge in [0, 0.05) is 28.7 Å². The molecular formula is C18H19ClN6O2S2. The van der Waals surface area contributed by atoms with Gasteiger partial charge in [0.2, 0.25) is 5.91 Å². The lowest BCUT2D eigenvalue weighted by Crippen LogP contribution is -2.28. The van der Waals surface area contributed by atoms with Crippen molar-refractivity contribution in [3.8, 4) is 0 Å². The number of halogens is 1. The number of benzene rings is 1. The SMILES string of the molecule is CCn1c(SCC(=O)Nc2nccs2)nnc1[C@@H](C)NC(=O)c1ccc(Cl)cc1. The molecule has 29 heavy (non-hydrogen) atoms. The lowest BCUT2D eigenvalue weighted by Gasteiger charge is -2.15. The molecular weight excluding hydrogens is 432 g/mol. The molecule has 1 atom stereocenters. The van der Waals surface area contributed by atoms with Gasteiger partial charge >= 0.3 is 0 Å². The molecule has 152 valence electrons. The number of nitrogens with one attached hydrogen (secondary N) is 2. The number of rotatable bonds is 8. The average molecular weight is 451 g/mol. The van der Waals surface area contributed by atoms with Gasteiger partial charge < -0.3 is 15.2 Å². The molecule has 0 aliphatic heterocycles. The monoisotopic (exact) mass is 450 g/mol. The van der Waals surface area contributed by atoms with Gasteiger partial charge in [-0.05, 0) is 38.1 Å². The van der Waals surface area contributed by atoms with E-state index in [1.165, 1.54) is 23.1 Å². The highest BCUT2D eigenvalue weighted by molar-refractivity contribution is 7.99. The minimum absolute atomic E-state index is 0.166. The van der Waals surface area contributed by atoms with E-state index in [1.54, 1.807) is 35.8 Å². The van der Waals surface area contributed by atoms with Crippen LogP contribution in [0.1, 0.15) is 36.1 Å². The maximum absolute atomic E-state index is 12.4. The van der Waals surface area contributed by atoms with Gasteiger partial charge in [0.15, 0.2) is 16.1 Å². The number of carbonyl (C=O) groups excluding carboxylic acids is 2. The van der Waals surface area contributed by atoms with Crippen LogP contribution < -0.4 is 10.6 Å². The minimum atomic E-state index is -0.357. The van der Waals surface area contributed by atoms with Crippen LogP contribution in [0.4, 0.5) is 5.13 Å². The predicted molar refractivity (Wildman–Crippen MR) is 114 cm³/mol. The zero-order chi connectivity index (χ0) is 20.8. The van der Waals surface area contributed by atoms with Crippen LogP contribution in [0.3, 0.4) is 0 Å². The summed E-state index contributed by atoms with van der Waals surface area (Å²) in [4.78, 5) is 28.5. The van der Waals surface area contributed by atoms with Gasteiger partial charge in [-0.1, -0.05) is 23.4 Å². The van der Waals surface area contributed by atoms with Crippen LogP contribution in [0.15, 0.2) is 41.0 Å². The Morgan fingerprint density at radius 1 is 1.28 bits per heavy atom. The Morgan fingerprint density at radius 3 is 2.69 bits per heavy atom. The quantitative estimate of drug-likeness (QED) is 0.508. The second-order valence-electron chi connectivity index (χ2n) is 5.96. The lowest BCUT2D eigenvalue weighted by atomic mass is 10.2. The highest BCUT2D eigenvalue weighted by Gasteiger charge is 2.20. The Morgan fingerprint density at radius 2 is 2.03 bits per heavy atom. The smallest absolute Gasteiger partial charge is 0.251 e. The Labute approximate surface area is 181 Å². The number of aromatic nitrogens is 4. The molecule has 2 amide bonds. The van der Waals surface area contributed by atoms with E-state index in [2.05, 4.69) is 25.8 Å². The maximum atomic E-state index is 12.4. The molecule has 0 aliphatic carbocycles. The van der Waals surface area contributed by atoms with Gasteiger partial charge in [-0.2, -0.15) is 0 Å². The van der Waals surface area contributed by atoms with Gasteiger partial charge in [-0.3, -0.25) is 9.59 Å². The molecule has 0 spiro atoms. The van der Waals surface area contributed by atoms with Crippen molar-refractivity contribution in [3.05, 3.63) is 52.3 Å². The Kier molecular flexibility index (Phi) is 7.24.